The van der Waals surface area contributed by atoms with Crippen molar-refractivity contribution in [1.29, 1.82) is 0 Å². The van der Waals surface area contributed by atoms with Gasteiger partial charge >= 0.3 is 0 Å². The third-order valence-corrected chi connectivity index (χ3v) is 4.65. The third kappa shape index (κ3) is 8.26. The SMILES string of the molecule is CCN(CC)CCCN(CC)CC(C)(CC)CC(C)C. The highest BCUT2D eigenvalue weighted by atomic mass is 15.1. The van der Waals surface area contributed by atoms with Crippen LogP contribution in [0, 0.1) is 11.3 Å². The minimum atomic E-state index is 0.485. The lowest BCUT2D eigenvalue weighted by atomic mass is 9.79. The van der Waals surface area contributed by atoms with Crippen molar-refractivity contribution < 1.29 is 0 Å². The summed E-state index contributed by atoms with van der Waals surface area (Å²) in [5.74, 6) is 0.800. The summed E-state index contributed by atoms with van der Waals surface area (Å²) < 4.78 is 0. The van der Waals surface area contributed by atoms with Crippen molar-refractivity contribution in [3.8, 4) is 0 Å². The van der Waals surface area contributed by atoms with Crippen LogP contribution in [0.15, 0.2) is 0 Å². The van der Waals surface area contributed by atoms with Crippen LogP contribution in [-0.2, 0) is 0 Å². The lowest BCUT2D eigenvalue weighted by Gasteiger charge is -2.36. The van der Waals surface area contributed by atoms with Crippen LogP contribution in [-0.4, -0.2) is 49.1 Å². The van der Waals surface area contributed by atoms with Crippen molar-refractivity contribution in [3.05, 3.63) is 0 Å². The summed E-state index contributed by atoms with van der Waals surface area (Å²) in [6.07, 6.45) is 3.94. The van der Waals surface area contributed by atoms with E-state index >= 15 is 0 Å². The molecule has 2 heteroatoms. The largest absolute Gasteiger partial charge is 0.304 e. The second kappa shape index (κ2) is 10.6. The Kier molecular flexibility index (Phi) is 10.6. The second-order valence-electron chi connectivity index (χ2n) is 7.01. The van der Waals surface area contributed by atoms with Gasteiger partial charge in [-0.15, -0.1) is 0 Å². The van der Waals surface area contributed by atoms with Crippen LogP contribution in [0.2, 0.25) is 0 Å². The van der Waals surface area contributed by atoms with E-state index in [9.17, 15) is 0 Å². The van der Waals surface area contributed by atoms with Gasteiger partial charge in [0.1, 0.15) is 0 Å². The predicted octanol–water partition coefficient (Wildman–Crippen LogP) is 4.50. The summed E-state index contributed by atoms with van der Waals surface area (Å²) in [4.78, 5) is 5.19. The first-order valence-electron chi connectivity index (χ1n) is 8.85. The van der Waals surface area contributed by atoms with E-state index in [-0.39, 0.29) is 0 Å². The Balaban J connectivity index is 4.24. The van der Waals surface area contributed by atoms with Gasteiger partial charge in [-0.25, -0.2) is 0 Å². The fraction of sp³-hybridized carbons (Fsp3) is 1.00. The molecule has 0 heterocycles. The van der Waals surface area contributed by atoms with Gasteiger partial charge in [-0.3, -0.25) is 0 Å². The monoisotopic (exact) mass is 284 g/mol. The molecular formula is C18H40N2. The molecule has 2 nitrogen and oxygen atoms in total. The zero-order chi connectivity index (χ0) is 15.6. The smallest absolute Gasteiger partial charge is 0.00352 e. The van der Waals surface area contributed by atoms with Gasteiger partial charge in [0.2, 0.25) is 0 Å². The summed E-state index contributed by atoms with van der Waals surface area (Å²) in [6, 6.07) is 0. The van der Waals surface area contributed by atoms with Gasteiger partial charge in [-0.05, 0) is 63.3 Å². The number of hydrogen-bond donors (Lipinski definition) is 0. The zero-order valence-electron chi connectivity index (χ0n) is 15.3. The van der Waals surface area contributed by atoms with Gasteiger partial charge in [-0.2, -0.15) is 0 Å². The van der Waals surface area contributed by atoms with Crippen LogP contribution in [0.25, 0.3) is 0 Å². The van der Waals surface area contributed by atoms with E-state index in [1.165, 1.54) is 58.5 Å². The van der Waals surface area contributed by atoms with Crippen LogP contribution in [0.1, 0.15) is 67.7 Å². The topological polar surface area (TPSA) is 6.48 Å². The Hall–Kier alpha value is -0.0800. The summed E-state index contributed by atoms with van der Waals surface area (Å²) in [7, 11) is 0. The Labute approximate surface area is 128 Å². The van der Waals surface area contributed by atoms with Crippen molar-refractivity contribution in [2.45, 2.75) is 67.7 Å². The van der Waals surface area contributed by atoms with Crippen molar-refractivity contribution in [3.63, 3.8) is 0 Å². The van der Waals surface area contributed by atoms with Crippen molar-refractivity contribution in [1.82, 2.24) is 9.80 Å². The summed E-state index contributed by atoms with van der Waals surface area (Å²) >= 11 is 0. The molecule has 122 valence electrons. The molecule has 1 atom stereocenters. The van der Waals surface area contributed by atoms with Gasteiger partial charge in [0.25, 0.3) is 0 Å². The number of hydrogen-bond acceptors (Lipinski definition) is 2. The van der Waals surface area contributed by atoms with Crippen LogP contribution < -0.4 is 0 Å². The molecule has 0 aliphatic carbocycles. The van der Waals surface area contributed by atoms with Crippen LogP contribution >= 0.6 is 0 Å². The molecular weight excluding hydrogens is 244 g/mol. The Bertz CT molecular complexity index is 223. The molecule has 0 aromatic heterocycles. The van der Waals surface area contributed by atoms with Crippen LogP contribution in [0.3, 0.4) is 0 Å². The highest BCUT2D eigenvalue weighted by molar-refractivity contribution is 4.78. The number of nitrogens with zero attached hydrogens (tertiary/aromatic N) is 2. The second-order valence-corrected chi connectivity index (χ2v) is 7.01. The van der Waals surface area contributed by atoms with Crippen molar-refractivity contribution in [2.75, 3.05) is 39.3 Å². The van der Waals surface area contributed by atoms with E-state index in [0.717, 1.165) is 5.92 Å². The Morgan fingerprint density at radius 2 is 1.35 bits per heavy atom. The molecule has 0 aliphatic heterocycles. The van der Waals surface area contributed by atoms with Gasteiger partial charge in [0, 0.05) is 6.54 Å². The summed E-state index contributed by atoms with van der Waals surface area (Å²) in [5.41, 5.74) is 0.485. The normalized spacial score (nSPS) is 15.3. The lowest BCUT2D eigenvalue weighted by Crippen LogP contribution is -2.38. The summed E-state index contributed by atoms with van der Waals surface area (Å²) in [6.45, 7) is 23.7. The zero-order valence-corrected chi connectivity index (χ0v) is 15.3. The fourth-order valence-corrected chi connectivity index (χ4v) is 3.25. The van der Waals surface area contributed by atoms with Gasteiger partial charge < -0.3 is 9.80 Å². The molecule has 1 unspecified atom stereocenters. The molecule has 0 aliphatic rings. The highest BCUT2D eigenvalue weighted by Crippen LogP contribution is 2.30. The molecule has 0 fully saturated rings. The Morgan fingerprint density at radius 1 is 0.850 bits per heavy atom. The first-order valence-corrected chi connectivity index (χ1v) is 8.85. The van der Waals surface area contributed by atoms with Gasteiger partial charge in [-0.1, -0.05) is 48.5 Å². The average Bonchev–Trinajstić information content (AvgIpc) is 2.41. The van der Waals surface area contributed by atoms with Crippen LogP contribution in [0.4, 0.5) is 0 Å². The predicted molar refractivity (Wildman–Crippen MR) is 92.4 cm³/mol. The Morgan fingerprint density at radius 3 is 1.75 bits per heavy atom. The van der Waals surface area contributed by atoms with E-state index in [0.29, 0.717) is 5.41 Å². The van der Waals surface area contributed by atoms with E-state index < -0.39 is 0 Å². The molecule has 0 rings (SSSR count). The highest BCUT2D eigenvalue weighted by Gasteiger charge is 2.25. The molecule has 0 aromatic carbocycles. The first-order chi connectivity index (χ1) is 9.40. The minimum Gasteiger partial charge on any atom is -0.304 e. The van der Waals surface area contributed by atoms with Gasteiger partial charge in [0.15, 0.2) is 0 Å². The molecule has 0 radical (unpaired) electrons. The molecule has 0 N–H and O–H groups in total. The van der Waals surface area contributed by atoms with Crippen molar-refractivity contribution >= 4 is 0 Å². The van der Waals surface area contributed by atoms with E-state index in [2.05, 4.69) is 58.3 Å². The maximum absolute atomic E-state index is 2.66. The quantitative estimate of drug-likeness (QED) is 0.520. The van der Waals surface area contributed by atoms with E-state index in [1.54, 1.807) is 0 Å². The van der Waals surface area contributed by atoms with Gasteiger partial charge in [0.05, 0.1) is 0 Å². The fourth-order valence-electron chi connectivity index (χ4n) is 3.25. The maximum Gasteiger partial charge on any atom is 0.00352 e. The number of rotatable bonds is 12. The van der Waals surface area contributed by atoms with E-state index in [4.69, 9.17) is 0 Å². The molecule has 0 saturated carbocycles. The van der Waals surface area contributed by atoms with E-state index in [1.807, 2.05) is 0 Å². The lowest BCUT2D eigenvalue weighted by molar-refractivity contribution is 0.134. The molecule has 0 spiro atoms. The molecule has 0 saturated heterocycles. The molecule has 0 bridgehead atoms. The average molecular weight is 285 g/mol. The van der Waals surface area contributed by atoms with Crippen molar-refractivity contribution in [2.24, 2.45) is 11.3 Å². The van der Waals surface area contributed by atoms with Crippen LogP contribution in [0.5, 0.6) is 0 Å². The first kappa shape index (κ1) is 19.9. The standard InChI is InChI=1S/C18H40N2/c1-8-18(7,15-17(5)6)16-20(11-4)14-12-13-19(9-2)10-3/h17H,8-16H2,1-7H3. The summed E-state index contributed by atoms with van der Waals surface area (Å²) in [5, 5.41) is 0. The minimum absolute atomic E-state index is 0.485. The maximum atomic E-state index is 2.66. The third-order valence-electron chi connectivity index (χ3n) is 4.65. The molecule has 20 heavy (non-hydrogen) atoms. The molecule has 0 amide bonds. The molecule has 0 aromatic rings.